The number of alkyl halides is 3. The predicted molar refractivity (Wildman–Crippen MR) is 106 cm³/mol. The van der Waals surface area contributed by atoms with Gasteiger partial charge in [-0.05, 0) is 36.6 Å². The fourth-order valence-corrected chi connectivity index (χ4v) is 3.48. The van der Waals surface area contributed by atoms with Crippen molar-refractivity contribution in [2.75, 3.05) is 23.3 Å². The summed E-state index contributed by atoms with van der Waals surface area (Å²) in [5, 5.41) is 10.4. The molecule has 6 nitrogen and oxygen atoms in total. The van der Waals surface area contributed by atoms with E-state index < -0.39 is 17.6 Å². The normalized spacial score (nSPS) is 14.2. The summed E-state index contributed by atoms with van der Waals surface area (Å²) in [4.78, 5) is 14.7. The first-order valence-corrected chi connectivity index (χ1v) is 9.62. The number of carbonyl (C=O) groups excluding carboxylic acids is 1. The van der Waals surface area contributed by atoms with Crippen LogP contribution in [0, 0.1) is 0 Å². The number of nitrogens with zero attached hydrogens (tertiary/aromatic N) is 4. The SMILES string of the molecule is O=C(Nc1cc(C(F)(F)F)ccc1N1CCCC1)c1cn(Cc2ccccc2)nn1. The molecule has 0 aliphatic carbocycles. The number of anilines is 2. The molecule has 0 spiro atoms. The highest BCUT2D eigenvalue weighted by molar-refractivity contribution is 6.04. The van der Waals surface area contributed by atoms with Crippen LogP contribution in [0.3, 0.4) is 0 Å². The Bertz CT molecular complexity index is 1030. The van der Waals surface area contributed by atoms with Gasteiger partial charge in [-0.2, -0.15) is 13.2 Å². The molecule has 2 heterocycles. The van der Waals surface area contributed by atoms with Crippen LogP contribution in [0.2, 0.25) is 0 Å². The first kappa shape index (κ1) is 19.9. The molecular weight excluding hydrogens is 395 g/mol. The highest BCUT2D eigenvalue weighted by atomic mass is 19.4. The maximum absolute atomic E-state index is 13.2. The van der Waals surface area contributed by atoms with Crippen molar-refractivity contribution in [3.63, 3.8) is 0 Å². The van der Waals surface area contributed by atoms with Crippen LogP contribution < -0.4 is 10.2 Å². The van der Waals surface area contributed by atoms with Gasteiger partial charge in [-0.15, -0.1) is 5.10 Å². The van der Waals surface area contributed by atoms with Crippen molar-refractivity contribution in [1.29, 1.82) is 0 Å². The molecule has 3 aromatic rings. The molecule has 30 heavy (non-hydrogen) atoms. The average Bonchev–Trinajstić information content (AvgIpc) is 3.40. The summed E-state index contributed by atoms with van der Waals surface area (Å²) in [5.74, 6) is -0.603. The molecule has 1 aromatic heterocycles. The molecule has 1 aliphatic heterocycles. The molecule has 156 valence electrons. The number of aromatic nitrogens is 3. The Morgan fingerprint density at radius 1 is 1.07 bits per heavy atom. The van der Waals surface area contributed by atoms with Crippen LogP contribution in [0.25, 0.3) is 0 Å². The Labute approximate surface area is 171 Å². The molecule has 0 saturated carbocycles. The van der Waals surface area contributed by atoms with Crippen molar-refractivity contribution >= 4 is 17.3 Å². The van der Waals surface area contributed by atoms with Crippen molar-refractivity contribution in [2.24, 2.45) is 0 Å². The molecular formula is C21H20F3N5O. The number of nitrogens with one attached hydrogen (secondary N) is 1. The summed E-state index contributed by atoms with van der Waals surface area (Å²) in [7, 11) is 0. The third-order valence-electron chi connectivity index (χ3n) is 4.98. The molecule has 2 aromatic carbocycles. The number of amides is 1. The fraction of sp³-hybridized carbons (Fsp3) is 0.286. The zero-order chi connectivity index (χ0) is 21.1. The van der Waals surface area contributed by atoms with E-state index in [1.807, 2.05) is 35.2 Å². The van der Waals surface area contributed by atoms with Crippen LogP contribution in [-0.4, -0.2) is 34.0 Å². The van der Waals surface area contributed by atoms with Crippen molar-refractivity contribution < 1.29 is 18.0 Å². The van der Waals surface area contributed by atoms with Crippen LogP contribution in [0.4, 0.5) is 24.5 Å². The van der Waals surface area contributed by atoms with Gasteiger partial charge in [0, 0.05) is 13.1 Å². The summed E-state index contributed by atoms with van der Waals surface area (Å²) < 4.78 is 41.1. The molecule has 9 heteroatoms. The van der Waals surface area contributed by atoms with Gasteiger partial charge in [0.15, 0.2) is 5.69 Å². The van der Waals surface area contributed by atoms with E-state index >= 15 is 0 Å². The second kappa shape index (κ2) is 8.17. The lowest BCUT2D eigenvalue weighted by molar-refractivity contribution is -0.137. The summed E-state index contributed by atoms with van der Waals surface area (Å²) >= 11 is 0. The van der Waals surface area contributed by atoms with Gasteiger partial charge in [0.25, 0.3) is 5.91 Å². The highest BCUT2D eigenvalue weighted by Crippen LogP contribution is 2.36. The second-order valence-corrected chi connectivity index (χ2v) is 7.16. The van der Waals surface area contributed by atoms with Gasteiger partial charge >= 0.3 is 6.18 Å². The molecule has 1 aliphatic rings. The van der Waals surface area contributed by atoms with E-state index in [1.165, 1.54) is 16.9 Å². The smallest absolute Gasteiger partial charge is 0.370 e. The van der Waals surface area contributed by atoms with Crippen molar-refractivity contribution in [1.82, 2.24) is 15.0 Å². The van der Waals surface area contributed by atoms with Gasteiger partial charge in [0.05, 0.1) is 29.7 Å². The molecule has 0 radical (unpaired) electrons. The Hall–Kier alpha value is -3.36. The number of halogens is 3. The van der Waals surface area contributed by atoms with E-state index in [0.717, 1.165) is 43.6 Å². The van der Waals surface area contributed by atoms with Crippen molar-refractivity contribution in [3.05, 3.63) is 71.5 Å². The first-order chi connectivity index (χ1) is 14.4. The molecule has 1 fully saturated rings. The Balaban J connectivity index is 1.56. The van der Waals surface area contributed by atoms with E-state index in [-0.39, 0.29) is 11.4 Å². The quantitative estimate of drug-likeness (QED) is 0.679. The summed E-state index contributed by atoms with van der Waals surface area (Å²) in [6, 6.07) is 13.0. The second-order valence-electron chi connectivity index (χ2n) is 7.16. The molecule has 1 N–H and O–H groups in total. The maximum Gasteiger partial charge on any atom is 0.416 e. The highest BCUT2D eigenvalue weighted by Gasteiger charge is 2.32. The lowest BCUT2D eigenvalue weighted by atomic mass is 10.1. The van der Waals surface area contributed by atoms with Gasteiger partial charge in [0.2, 0.25) is 0 Å². The Morgan fingerprint density at radius 3 is 2.50 bits per heavy atom. The van der Waals surface area contributed by atoms with Crippen molar-refractivity contribution in [3.8, 4) is 0 Å². The van der Waals surface area contributed by atoms with E-state index in [2.05, 4.69) is 15.6 Å². The van der Waals surface area contributed by atoms with Crippen LogP contribution in [0.1, 0.15) is 34.5 Å². The Morgan fingerprint density at radius 2 is 1.80 bits per heavy atom. The zero-order valence-corrected chi connectivity index (χ0v) is 16.1. The number of hydrogen-bond acceptors (Lipinski definition) is 4. The van der Waals surface area contributed by atoms with Crippen LogP contribution in [0.15, 0.2) is 54.7 Å². The van der Waals surface area contributed by atoms with Gasteiger partial charge in [-0.3, -0.25) is 4.79 Å². The van der Waals surface area contributed by atoms with Gasteiger partial charge < -0.3 is 10.2 Å². The monoisotopic (exact) mass is 415 g/mol. The van der Waals surface area contributed by atoms with E-state index in [4.69, 9.17) is 0 Å². The third kappa shape index (κ3) is 4.45. The third-order valence-corrected chi connectivity index (χ3v) is 4.98. The fourth-order valence-electron chi connectivity index (χ4n) is 3.48. The molecule has 1 saturated heterocycles. The minimum Gasteiger partial charge on any atom is -0.370 e. The summed E-state index contributed by atoms with van der Waals surface area (Å²) in [6.07, 6.45) is -1.10. The van der Waals surface area contributed by atoms with Crippen LogP contribution >= 0.6 is 0 Å². The Kier molecular flexibility index (Phi) is 5.43. The summed E-state index contributed by atoms with van der Waals surface area (Å²) in [6.45, 7) is 1.91. The van der Waals surface area contributed by atoms with E-state index in [1.54, 1.807) is 0 Å². The topological polar surface area (TPSA) is 63.1 Å². The summed E-state index contributed by atoms with van der Waals surface area (Å²) in [5.41, 5.74) is 0.910. The zero-order valence-electron chi connectivity index (χ0n) is 16.1. The largest absolute Gasteiger partial charge is 0.416 e. The molecule has 0 bridgehead atoms. The molecule has 0 atom stereocenters. The van der Waals surface area contributed by atoms with Crippen LogP contribution in [-0.2, 0) is 12.7 Å². The van der Waals surface area contributed by atoms with Gasteiger partial charge in [-0.25, -0.2) is 4.68 Å². The minimum atomic E-state index is -4.50. The molecule has 1 amide bonds. The molecule has 4 rings (SSSR count). The maximum atomic E-state index is 13.2. The first-order valence-electron chi connectivity index (χ1n) is 9.62. The van der Waals surface area contributed by atoms with Gasteiger partial charge in [0.1, 0.15) is 0 Å². The number of hydrogen-bond donors (Lipinski definition) is 1. The minimum absolute atomic E-state index is 0.0377. The lowest BCUT2D eigenvalue weighted by Gasteiger charge is -2.22. The number of carbonyl (C=O) groups is 1. The van der Waals surface area contributed by atoms with Gasteiger partial charge in [-0.1, -0.05) is 35.5 Å². The number of benzene rings is 2. The lowest BCUT2D eigenvalue weighted by Crippen LogP contribution is -2.22. The standard InChI is InChI=1S/C21H20F3N5O/c22-21(23,24)16-8-9-19(28-10-4-5-11-28)17(12-16)25-20(30)18-14-29(27-26-18)13-15-6-2-1-3-7-15/h1-3,6-9,12,14H,4-5,10-11,13H2,(H,25,30). The molecule has 0 unspecified atom stereocenters. The van der Waals surface area contributed by atoms with E-state index in [9.17, 15) is 18.0 Å². The number of rotatable bonds is 5. The average molecular weight is 415 g/mol. The van der Waals surface area contributed by atoms with Crippen molar-refractivity contribution in [2.45, 2.75) is 25.6 Å². The predicted octanol–water partition coefficient (Wildman–Crippen LogP) is 4.20. The van der Waals surface area contributed by atoms with E-state index in [0.29, 0.717) is 12.2 Å². The van der Waals surface area contributed by atoms with Crippen LogP contribution in [0.5, 0.6) is 0 Å².